The molecule has 1 atom stereocenters. The quantitative estimate of drug-likeness (QED) is 0.683. The molecule has 1 aliphatic rings. The zero-order valence-electron chi connectivity index (χ0n) is 13.8. The molecule has 2 N–H and O–H groups in total. The molecular formula is C17H21N6OS+. The van der Waals surface area contributed by atoms with E-state index in [2.05, 4.69) is 38.4 Å². The first kappa shape index (κ1) is 16.2. The van der Waals surface area contributed by atoms with E-state index in [1.54, 1.807) is 20.9 Å². The standard InChI is InChI=1S/C17H20N6OS/c1-2-5-14(6-3-1)23-17(19-20-21-23)18-13-15(16-7-4-12-25-16)22-8-10-24-11-9-22/h1-7,12,15H,8-11,13H2,(H,18,19,21)/p+1. The molecule has 2 aromatic heterocycles. The second-order valence-corrected chi connectivity index (χ2v) is 6.95. The Morgan fingerprint density at radius 3 is 2.76 bits per heavy atom. The summed E-state index contributed by atoms with van der Waals surface area (Å²) in [5.74, 6) is 0.667. The van der Waals surface area contributed by atoms with E-state index in [0.717, 1.165) is 38.5 Å². The Labute approximate surface area is 150 Å². The molecule has 1 saturated heterocycles. The van der Waals surface area contributed by atoms with Gasteiger partial charge in [0.15, 0.2) is 0 Å². The molecule has 3 heterocycles. The predicted molar refractivity (Wildman–Crippen MR) is 96.2 cm³/mol. The number of hydrogen-bond acceptors (Lipinski definition) is 6. The lowest BCUT2D eigenvalue weighted by molar-refractivity contribution is -0.936. The summed E-state index contributed by atoms with van der Waals surface area (Å²) < 4.78 is 7.26. The van der Waals surface area contributed by atoms with Crippen molar-refractivity contribution in [1.29, 1.82) is 0 Å². The van der Waals surface area contributed by atoms with Gasteiger partial charge in [-0.05, 0) is 34.0 Å². The van der Waals surface area contributed by atoms with Crippen molar-refractivity contribution in [2.24, 2.45) is 0 Å². The summed E-state index contributed by atoms with van der Waals surface area (Å²) in [6.45, 7) is 4.46. The van der Waals surface area contributed by atoms with Gasteiger partial charge < -0.3 is 15.0 Å². The Kier molecular flexibility index (Phi) is 5.01. The van der Waals surface area contributed by atoms with Crippen LogP contribution in [0.4, 0.5) is 5.95 Å². The Bertz CT molecular complexity index is 770. The van der Waals surface area contributed by atoms with Crippen LogP contribution in [-0.4, -0.2) is 53.1 Å². The number of morpholine rings is 1. The van der Waals surface area contributed by atoms with E-state index in [9.17, 15) is 0 Å². The minimum atomic E-state index is 0.366. The van der Waals surface area contributed by atoms with Gasteiger partial charge in [0, 0.05) is 0 Å². The lowest BCUT2D eigenvalue weighted by atomic mass is 10.2. The van der Waals surface area contributed by atoms with Crippen molar-refractivity contribution in [3.05, 3.63) is 52.7 Å². The summed E-state index contributed by atoms with van der Waals surface area (Å²) in [6, 6.07) is 14.6. The Hall–Kier alpha value is -2.29. The second-order valence-electron chi connectivity index (χ2n) is 5.97. The molecule has 1 fully saturated rings. The molecule has 25 heavy (non-hydrogen) atoms. The number of nitrogens with zero attached hydrogens (tertiary/aromatic N) is 4. The third kappa shape index (κ3) is 3.71. The zero-order valence-corrected chi connectivity index (χ0v) is 14.7. The molecule has 0 saturated carbocycles. The summed E-state index contributed by atoms with van der Waals surface area (Å²) in [7, 11) is 0. The van der Waals surface area contributed by atoms with Crippen molar-refractivity contribution in [3.8, 4) is 5.69 Å². The van der Waals surface area contributed by atoms with E-state index in [-0.39, 0.29) is 0 Å². The lowest BCUT2D eigenvalue weighted by Crippen LogP contribution is -3.14. The summed E-state index contributed by atoms with van der Waals surface area (Å²) in [4.78, 5) is 2.92. The van der Waals surface area contributed by atoms with Crippen LogP contribution in [0.1, 0.15) is 10.9 Å². The van der Waals surface area contributed by atoms with Gasteiger partial charge in [-0.2, -0.15) is 4.68 Å². The minimum absolute atomic E-state index is 0.366. The number of aromatic nitrogens is 4. The average molecular weight is 357 g/mol. The maximum Gasteiger partial charge on any atom is 0.247 e. The van der Waals surface area contributed by atoms with Gasteiger partial charge >= 0.3 is 0 Å². The number of hydrogen-bond donors (Lipinski definition) is 2. The van der Waals surface area contributed by atoms with E-state index in [1.807, 2.05) is 30.3 Å². The molecule has 1 unspecified atom stereocenters. The van der Waals surface area contributed by atoms with Gasteiger partial charge in [-0.1, -0.05) is 29.4 Å². The van der Waals surface area contributed by atoms with Crippen molar-refractivity contribution in [2.45, 2.75) is 6.04 Å². The topological polar surface area (TPSA) is 69.3 Å². The van der Waals surface area contributed by atoms with Crippen LogP contribution < -0.4 is 10.2 Å². The fourth-order valence-electron chi connectivity index (χ4n) is 3.15. The Balaban J connectivity index is 1.51. The first-order valence-corrected chi connectivity index (χ1v) is 9.33. The number of benzene rings is 1. The number of anilines is 1. The van der Waals surface area contributed by atoms with Crippen LogP contribution >= 0.6 is 11.3 Å². The Morgan fingerprint density at radius 1 is 1.16 bits per heavy atom. The number of thiophene rings is 1. The predicted octanol–water partition coefficient (Wildman–Crippen LogP) is 0.792. The van der Waals surface area contributed by atoms with Crippen LogP contribution in [0.15, 0.2) is 47.8 Å². The number of quaternary nitrogens is 1. The third-order valence-corrected chi connectivity index (χ3v) is 5.44. The lowest BCUT2D eigenvalue weighted by Gasteiger charge is -2.31. The average Bonchev–Trinajstić information content (AvgIpc) is 3.36. The summed E-state index contributed by atoms with van der Waals surface area (Å²) in [6.07, 6.45) is 0. The minimum Gasteiger partial charge on any atom is -0.370 e. The molecule has 8 heteroatoms. The maximum absolute atomic E-state index is 5.52. The number of ether oxygens (including phenoxy) is 1. The van der Waals surface area contributed by atoms with Crippen LogP contribution in [-0.2, 0) is 4.74 Å². The molecule has 0 spiro atoms. The van der Waals surface area contributed by atoms with Gasteiger partial charge in [-0.15, -0.1) is 11.3 Å². The fourth-order valence-corrected chi connectivity index (χ4v) is 4.04. The molecule has 1 aromatic carbocycles. The molecule has 0 radical (unpaired) electrons. The van der Waals surface area contributed by atoms with Gasteiger partial charge in [0.1, 0.15) is 19.1 Å². The van der Waals surface area contributed by atoms with Gasteiger partial charge in [-0.25, -0.2) is 0 Å². The highest BCUT2D eigenvalue weighted by Crippen LogP contribution is 2.18. The van der Waals surface area contributed by atoms with E-state index in [0.29, 0.717) is 12.0 Å². The normalized spacial score (nSPS) is 16.6. The van der Waals surface area contributed by atoms with E-state index < -0.39 is 0 Å². The van der Waals surface area contributed by atoms with Crippen molar-refractivity contribution in [1.82, 2.24) is 20.2 Å². The van der Waals surface area contributed by atoms with Crippen molar-refractivity contribution < 1.29 is 9.64 Å². The molecule has 3 aromatic rings. The van der Waals surface area contributed by atoms with Crippen molar-refractivity contribution >= 4 is 17.3 Å². The highest BCUT2D eigenvalue weighted by molar-refractivity contribution is 7.10. The van der Waals surface area contributed by atoms with Gasteiger partial charge in [-0.3, -0.25) is 0 Å². The molecule has 1 aliphatic heterocycles. The summed E-state index contributed by atoms with van der Waals surface area (Å²) >= 11 is 1.80. The van der Waals surface area contributed by atoms with E-state index in [4.69, 9.17) is 4.74 Å². The molecule has 0 amide bonds. The first-order valence-electron chi connectivity index (χ1n) is 8.45. The summed E-state index contributed by atoms with van der Waals surface area (Å²) in [5, 5.41) is 17.7. The smallest absolute Gasteiger partial charge is 0.247 e. The molecule has 130 valence electrons. The maximum atomic E-state index is 5.52. The van der Waals surface area contributed by atoms with E-state index >= 15 is 0 Å². The third-order valence-electron chi connectivity index (χ3n) is 4.45. The molecule has 7 nitrogen and oxygen atoms in total. The molecule has 4 rings (SSSR count). The van der Waals surface area contributed by atoms with Gasteiger partial charge in [0.2, 0.25) is 5.95 Å². The molecule has 0 aliphatic carbocycles. The van der Waals surface area contributed by atoms with Crippen LogP contribution in [0.25, 0.3) is 5.69 Å². The van der Waals surface area contributed by atoms with Gasteiger partial charge in [0.25, 0.3) is 0 Å². The van der Waals surface area contributed by atoms with Gasteiger partial charge in [0.05, 0.1) is 30.3 Å². The number of tetrazole rings is 1. The van der Waals surface area contributed by atoms with Crippen LogP contribution in [0.3, 0.4) is 0 Å². The Morgan fingerprint density at radius 2 is 2.00 bits per heavy atom. The first-order chi connectivity index (χ1) is 12.4. The number of nitrogens with one attached hydrogen (secondary N) is 2. The number of para-hydroxylation sites is 1. The molecular weight excluding hydrogens is 336 g/mol. The van der Waals surface area contributed by atoms with E-state index in [1.165, 1.54) is 4.88 Å². The monoisotopic (exact) mass is 357 g/mol. The highest BCUT2D eigenvalue weighted by Gasteiger charge is 2.27. The SMILES string of the molecule is c1ccc(-n2nnnc2NCC(c2cccs2)[NH+]2CCOCC2)cc1. The molecule has 0 bridgehead atoms. The second kappa shape index (κ2) is 7.73. The largest absolute Gasteiger partial charge is 0.370 e. The van der Waals surface area contributed by atoms with Crippen LogP contribution in [0, 0.1) is 0 Å². The van der Waals surface area contributed by atoms with Crippen LogP contribution in [0.5, 0.6) is 0 Å². The van der Waals surface area contributed by atoms with Crippen LogP contribution in [0.2, 0.25) is 0 Å². The van der Waals surface area contributed by atoms with Crippen molar-refractivity contribution in [3.63, 3.8) is 0 Å². The zero-order chi connectivity index (χ0) is 16.9. The highest BCUT2D eigenvalue weighted by atomic mass is 32.1. The fraction of sp³-hybridized carbons (Fsp3) is 0.353. The van der Waals surface area contributed by atoms with Crippen molar-refractivity contribution in [2.75, 3.05) is 38.2 Å². The summed E-state index contributed by atoms with van der Waals surface area (Å²) in [5.41, 5.74) is 0.946. The number of rotatable bonds is 6.